The van der Waals surface area contributed by atoms with Crippen molar-refractivity contribution in [2.24, 2.45) is 0 Å². The van der Waals surface area contributed by atoms with Crippen LogP contribution < -0.4 is 10.6 Å². The summed E-state index contributed by atoms with van der Waals surface area (Å²) in [6.45, 7) is 8.96. The number of aromatic hydroxyl groups is 1. The molecule has 1 aliphatic rings. The first kappa shape index (κ1) is 25.5. The van der Waals surface area contributed by atoms with Gasteiger partial charge in [0.1, 0.15) is 23.9 Å². The first-order valence-electron chi connectivity index (χ1n) is 11.4. The maximum absolute atomic E-state index is 13.4. The normalized spacial score (nSPS) is 15.8. The van der Waals surface area contributed by atoms with Crippen LogP contribution >= 0.6 is 0 Å². The number of nitrogens with one attached hydrogen (secondary N) is 2. The van der Waals surface area contributed by atoms with Crippen LogP contribution in [0.15, 0.2) is 24.3 Å². The Kier molecular flexibility index (Phi) is 8.92. The summed E-state index contributed by atoms with van der Waals surface area (Å²) >= 11 is 0. The molecule has 0 heterocycles. The van der Waals surface area contributed by atoms with Crippen LogP contribution in [0.5, 0.6) is 5.75 Å². The van der Waals surface area contributed by atoms with Gasteiger partial charge >= 0.3 is 6.09 Å². The number of phenols is 1. The zero-order valence-electron chi connectivity index (χ0n) is 19.8. The molecule has 2 unspecified atom stereocenters. The van der Waals surface area contributed by atoms with Crippen molar-refractivity contribution in [3.63, 3.8) is 0 Å². The lowest BCUT2D eigenvalue weighted by Crippen LogP contribution is -2.54. The third-order valence-corrected chi connectivity index (χ3v) is 5.38. The zero-order valence-corrected chi connectivity index (χ0v) is 19.8. The number of nitrogens with zero attached hydrogens (tertiary/aromatic N) is 1. The van der Waals surface area contributed by atoms with Gasteiger partial charge in [0, 0.05) is 12.1 Å². The minimum absolute atomic E-state index is 0.0367. The largest absolute Gasteiger partial charge is 0.508 e. The molecule has 0 aromatic heterocycles. The predicted molar refractivity (Wildman–Crippen MR) is 122 cm³/mol. The molecule has 0 saturated heterocycles. The third-order valence-electron chi connectivity index (χ3n) is 5.38. The number of carbonyl (C=O) groups excluding carboxylic acids is 3. The molecule has 3 N–H and O–H groups in total. The van der Waals surface area contributed by atoms with Crippen LogP contribution in [-0.2, 0) is 14.3 Å². The van der Waals surface area contributed by atoms with Crippen molar-refractivity contribution in [1.82, 2.24) is 15.5 Å². The van der Waals surface area contributed by atoms with Crippen molar-refractivity contribution in [3.8, 4) is 5.75 Å². The van der Waals surface area contributed by atoms with Gasteiger partial charge in [0.15, 0.2) is 0 Å². The first-order chi connectivity index (χ1) is 15.0. The van der Waals surface area contributed by atoms with Crippen LogP contribution in [0.1, 0.15) is 78.3 Å². The lowest BCUT2D eigenvalue weighted by molar-refractivity contribution is -0.145. The standard InChI is InChI=1S/C24H37N3O5/c1-6-8-16(2)26-22(30)21(17-11-13-19(28)14-12-17)27(18-9-7-10-18)20(29)15-25-23(31)32-24(3,4)5/h11-14,16,18,21,28H,6-10,15H2,1-5H3,(H,25,31)(H,26,30). The van der Waals surface area contributed by atoms with Gasteiger partial charge in [0.2, 0.25) is 11.8 Å². The van der Waals surface area contributed by atoms with Gasteiger partial charge in [0.25, 0.3) is 0 Å². The number of rotatable bonds is 9. The van der Waals surface area contributed by atoms with E-state index >= 15 is 0 Å². The average molecular weight is 448 g/mol. The van der Waals surface area contributed by atoms with Crippen molar-refractivity contribution in [1.29, 1.82) is 0 Å². The van der Waals surface area contributed by atoms with Crippen molar-refractivity contribution in [2.75, 3.05) is 6.54 Å². The second-order valence-corrected chi connectivity index (χ2v) is 9.43. The number of alkyl carbamates (subject to hydrolysis) is 1. The summed E-state index contributed by atoms with van der Waals surface area (Å²) in [4.78, 5) is 40.3. The maximum atomic E-state index is 13.4. The lowest BCUT2D eigenvalue weighted by Gasteiger charge is -2.42. The number of benzene rings is 1. The van der Waals surface area contributed by atoms with Gasteiger partial charge in [0.05, 0.1) is 0 Å². The molecule has 2 rings (SSSR count). The molecular formula is C24H37N3O5. The van der Waals surface area contributed by atoms with E-state index in [2.05, 4.69) is 10.6 Å². The molecule has 1 aromatic carbocycles. The van der Waals surface area contributed by atoms with Crippen LogP contribution in [0.2, 0.25) is 0 Å². The van der Waals surface area contributed by atoms with Gasteiger partial charge in [-0.3, -0.25) is 9.59 Å². The van der Waals surface area contributed by atoms with E-state index in [1.54, 1.807) is 37.8 Å². The van der Waals surface area contributed by atoms with Crippen LogP contribution in [0.3, 0.4) is 0 Å². The van der Waals surface area contributed by atoms with Crippen LogP contribution in [-0.4, -0.2) is 52.1 Å². The Morgan fingerprint density at radius 2 is 1.81 bits per heavy atom. The van der Waals surface area contributed by atoms with E-state index < -0.39 is 17.7 Å². The molecule has 0 radical (unpaired) electrons. The maximum Gasteiger partial charge on any atom is 0.408 e. The average Bonchev–Trinajstić information content (AvgIpc) is 2.64. The highest BCUT2D eigenvalue weighted by molar-refractivity contribution is 5.90. The van der Waals surface area contributed by atoms with Crippen molar-refractivity contribution in [3.05, 3.63) is 29.8 Å². The quantitative estimate of drug-likeness (QED) is 0.536. The summed E-state index contributed by atoms with van der Waals surface area (Å²) in [5, 5.41) is 15.2. The molecule has 0 bridgehead atoms. The summed E-state index contributed by atoms with van der Waals surface area (Å²) in [5.41, 5.74) is -0.0634. The fourth-order valence-corrected chi connectivity index (χ4v) is 3.70. The minimum atomic E-state index is -0.854. The molecule has 8 nitrogen and oxygen atoms in total. The first-order valence-corrected chi connectivity index (χ1v) is 11.4. The van der Waals surface area contributed by atoms with Gasteiger partial charge < -0.3 is 25.4 Å². The van der Waals surface area contributed by atoms with E-state index in [1.165, 1.54) is 12.1 Å². The van der Waals surface area contributed by atoms with Crippen LogP contribution in [0.4, 0.5) is 4.79 Å². The molecule has 0 aliphatic heterocycles. The smallest absolute Gasteiger partial charge is 0.408 e. The number of phenolic OH excluding ortho intramolecular Hbond substituents is 1. The number of carbonyl (C=O) groups is 3. The molecule has 1 aromatic rings. The number of hydrogen-bond donors (Lipinski definition) is 3. The fourth-order valence-electron chi connectivity index (χ4n) is 3.70. The van der Waals surface area contributed by atoms with Crippen molar-refractivity contribution < 1.29 is 24.2 Å². The molecule has 0 spiro atoms. The molecule has 2 atom stereocenters. The molecule has 3 amide bonds. The van der Waals surface area contributed by atoms with Crippen LogP contribution in [0, 0.1) is 0 Å². The minimum Gasteiger partial charge on any atom is -0.508 e. The van der Waals surface area contributed by atoms with E-state index in [4.69, 9.17) is 4.74 Å². The summed E-state index contributed by atoms with van der Waals surface area (Å²) in [6.07, 6.45) is 3.64. The SMILES string of the molecule is CCCC(C)NC(=O)C(c1ccc(O)cc1)N(C(=O)CNC(=O)OC(C)(C)C)C1CCC1. The van der Waals surface area contributed by atoms with E-state index in [1.807, 2.05) is 13.8 Å². The van der Waals surface area contributed by atoms with Crippen molar-refractivity contribution >= 4 is 17.9 Å². The molecule has 8 heteroatoms. The van der Waals surface area contributed by atoms with E-state index in [0.717, 1.165) is 32.1 Å². The van der Waals surface area contributed by atoms with E-state index in [0.29, 0.717) is 5.56 Å². The topological polar surface area (TPSA) is 108 Å². The summed E-state index contributed by atoms with van der Waals surface area (Å²) in [7, 11) is 0. The highest BCUT2D eigenvalue weighted by Gasteiger charge is 2.39. The van der Waals surface area contributed by atoms with E-state index in [-0.39, 0.29) is 36.2 Å². The molecular weight excluding hydrogens is 410 g/mol. The van der Waals surface area contributed by atoms with Gasteiger partial charge in [-0.15, -0.1) is 0 Å². The summed E-state index contributed by atoms with van der Waals surface area (Å²) in [6, 6.07) is 5.35. The fraction of sp³-hybridized carbons (Fsp3) is 0.625. The van der Waals surface area contributed by atoms with Crippen LogP contribution in [0.25, 0.3) is 0 Å². The van der Waals surface area contributed by atoms with Gasteiger partial charge in [-0.25, -0.2) is 4.79 Å². The van der Waals surface area contributed by atoms with Gasteiger partial charge in [-0.2, -0.15) is 0 Å². The second-order valence-electron chi connectivity index (χ2n) is 9.43. The number of ether oxygens (including phenoxy) is 1. The monoisotopic (exact) mass is 447 g/mol. The number of amides is 3. The van der Waals surface area contributed by atoms with Gasteiger partial charge in [-0.1, -0.05) is 25.5 Å². The Labute approximate surface area is 190 Å². The molecule has 32 heavy (non-hydrogen) atoms. The summed E-state index contributed by atoms with van der Waals surface area (Å²) < 4.78 is 5.23. The molecule has 1 saturated carbocycles. The molecule has 1 fully saturated rings. The Morgan fingerprint density at radius 1 is 1.19 bits per heavy atom. The predicted octanol–water partition coefficient (Wildman–Crippen LogP) is 3.64. The second kappa shape index (κ2) is 11.2. The van der Waals surface area contributed by atoms with Gasteiger partial charge in [-0.05, 0) is 71.1 Å². The van der Waals surface area contributed by atoms with E-state index in [9.17, 15) is 19.5 Å². The highest BCUT2D eigenvalue weighted by atomic mass is 16.6. The molecule has 178 valence electrons. The Morgan fingerprint density at radius 3 is 2.31 bits per heavy atom. The molecule has 1 aliphatic carbocycles. The Bertz CT molecular complexity index is 784. The number of hydrogen-bond acceptors (Lipinski definition) is 5. The lowest BCUT2D eigenvalue weighted by atomic mass is 9.88. The Hall–Kier alpha value is -2.77. The Balaban J connectivity index is 2.27. The third kappa shape index (κ3) is 7.43. The summed E-state index contributed by atoms with van der Waals surface area (Å²) in [5.74, 6) is -0.536. The zero-order chi connectivity index (χ0) is 23.9. The highest BCUT2D eigenvalue weighted by Crippen LogP contribution is 2.33. The van der Waals surface area contributed by atoms with Crippen molar-refractivity contribution in [2.45, 2.75) is 90.4 Å².